The number of nitrogens with zero attached hydrogens (tertiary/aromatic N) is 2. The maximum Gasteiger partial charge on any atom is 0.121 e. The number of hydrogen-bond acceptors (Lipinski definition) is 3. The molecule has 2 heterocycles. The number of fused-ring (bicyclic) bond motifs is 1. The molecule has 3 N–H and O–H groups in total. The zero-order valence-corrected chi connectivity index (χ0v) is 10.3. The Bertz CT molecular complexity index is 641. The number of aromatic nitrogens is 1. The lowest BCUT2D eigenvalue weighted by Gasteiger charge is -2.06. The summed E-state index contributed by atoms with van der Waals surface area (Å²) in [5.41, 5.74) is 9.26. The van der Waals surface area contributed by atoms with E-state index in [0.717, 1.165) is 22.7 Å². The van der Waals surface area contributed by atoms with Crippen LogP contribution in [-0.2, 0) is 0 Å². The predicted molar refractivity (Wildman–Crippen MR) is 74.0 cm³/mol. The average molecular weight is 259 g/mol. The van der Waals surface area contributed by atoms with Gasteiger partial charge >= 0.3 is 0 Å². The Morgan fingerprint density at radius 3 is 2.94 bits per heavy atom. The van der Waals surface area contributed by atoms with Gasteiger partial charge in [0.25, 0.3) is 0 Å². The smallest absolute Gasteiger partial charge is 0.121 e. The van der Waals surface area contributed by atoms with Gasteiger partial charge in [0.2, 0.25) is 0 Å². The molecule has 0 unspecified atom stereocenters. The lowest BCUT2D eigenvalue weighted by molar-refractivity contribution is 1.25. The lowest BCUT2D eigenvalue weighted by atomic mass is 10.1. The van der Waals surface area contributed by atoms with E-state index >= 15 is 0 Å². The highest BCUT2D eigenvalue weighted by Crippen LogP contribution is 2.27. The van der Waals surface area contributed by atoms with Crippen LogP contribution >= 0.6 is 11.6 Å². The van der Waals surface area contributed by atoms with E-state index < -0.39 is 0 Å². The molecular weight excluding hydrogens is 248 g/mol. The minimum Gasteiger partial charge on any atom is -0.386 e. The van der Waals surface area contributed by atoms with Crippen molar-refractivity contribution >= 4 is 28.8 Å². The summed E-state index contributed by atoms with van der Waals surface area (Å²) in [6.45, 7) is 0.390. The van der Waals surface area contributed by atoms with E-state index in [4.69, 9.17) is 17.3 Å². The topological polar surface area (TPSA) is 66.5 Å². The van der Waals surface area contributed by atoms with Crippen LogP contribution in [0.25, 0.3) is 0 Å². The molecule has 0 saturated carbocycles. The van der Waals surface area contributed by atoms with E-state index in [1.54, 1.807) is 6.07 Å². The van der Waals surface area contributed by atoms with Gasteiger partial charge in [-0.25, -0.2) is 4.99 Å². The molecule has 1 aromatic carbocycles. The summed E-state index contributed by atoms with van der Waals surface area (Å²) in [4.78, 5) is 12.0. The van der Waals surface area contributed by atoms with Crippen molar-refractivity contribution in [3.05, 3.63) is 52.8 Å². The predicted octanol–water partition coefficient (Wildman–Crippen LogP) is 2.51. The van der Waals surface area contributed by atoms with Gasteiger partial charge in [0.15, 0.2) is 0 Å². The molecule has 0 amide bonds. The molecule has 0 radical (unpaired) electrons. The molecule has 1 aliphatic rings. The average Bonchev–Trinajstić information content (AvgIpc) is 2.81. The van der Waals surface area contributed by atoms with Crippen molar-refractivity contribution in [1.82, 2.24) is 4.98 Å². The molecule has 4 nitrogen and oxygen atoms in total. The summed E-state index contributed by atoms with van der Waals surface area (Å²) in [6, 6.07) is 9.41. The highest BCUT2D eigenvalue weighted by Gasteiger charge is 2.16. The van der Waals surface area contributed by atoms with E-state index in [-0.39, 0.29) is 0 Å². The third-order valence-corrected chi connectivity index (χ3v) is 2.97. The van der Waals surface area contributed by atoms with Crippen molar-refractivity contribution in [1.29, 1.82) is 0 Å². The fourth-order valence-corrected chi connectivity index (χ4v) is 2.11. The van der Waals surface area contributed by atoms with Crippen molar-refractivity contribution in [3.8, 4) is 0 Å². The van der Waals surface area contributed by atoms with Gasteiger partial charge in [-0.05, 0) is 30.3 Å². The summed E-state index contributed by atoms with van der Waals surface area (Å²) in [7, 11) is 0. The van der Waals surface area contributed by atoms with Gasteiger partial charge in [0.05, 0.1) is 23.6 Å². The summed E-state index contributed by atoms with van der Waals surface area (Å²) in [5.74, 6) is 0.500. The van der Waals surface area contributed by atoms with Crippen LogP contribution in [0.2, 0.25) is 5.02 Å². The maximum absolute atomic E-state index is 6.05. The first-order valence-corrected chi connectivity index (χ1v) is 5.93. The second-order valence-electron chi connectivity index (χ2n) is 4.01. The Hall–Kier alpha value is -2.07. The first kappa shape index (κ1) is 11.0. The van der Waals surface area contributed by atoms with Crippen molar-refractivity contribution < 1.29 is 0 Å². The summed E-state index contributed by atoms with van der Waals surface area (Å²) < 4.78 is 0. The molecular formula is C13H11ClN4. The Balaban J connectivity index is 2.22. The molecule has 18 heavy (non-hydrogen) atoms. The molecule has 5 heteroatoms. The van der Waals surface area contributed by atoms with Crippen molar-refractivity contribution in [2.45, 2.75) is 0 Å². The van der Waals surface area contributed by atoms with E-state index in [9.17, 15) is 0 Å². The molecule has 0 fully saturated rings. The van der Waals surface area contributed by atoms with Crippen LogP contribution in [0.1, 0.15) is 11.3 Å². The summed E-state index contributed by atoms with van der Waals surface area (Å²) in [6.07, 6.45) is 1.86. The first-order valence-electron chi connectivity index (χ1n) is 5.55. The number of aromatic amines is 1. The normalized spacial score (nSPS) is 14.5. The highest BCUT2D eigenvalue weighted by atomic mass is 35.5. The van der Waals surface area contributed by atoms with Gasteiger partial charge in [-0.2, -0.15) is 0 Å². The molecule has 0 atom stereocenters. The van der Waals surface area contributed by atoms with Gasteiger partial charge in [-0.3, -0.25) is 4.99 Å². The molecule has 2 aromatic rings. The van der Waals surface area contributed by atoms with Crippen molar-refractivity contribution in [2.24, 2.45) is 15.7 Å². The molecule has 0 spiro atoms. The highest BCUT2D eigenvalue weighted by molar-refractivity contribution is 6.31. The van der Waals surface area contributed by atoms with Gasteiger partial charge in [-0.1, -0.05) is 11.6 Å². The SMILES string of the molecule is NC1=Nc2ccc(Cl)cc2C(c2ccc[nH]2)=NC1. The van der Waals surface area contributed by atoms with E-state index in [0.29, 0.717) is 17.4 Å². The molecule has 1 aromatic heterocycles. The largest absolute Gasteiger partial charge is 0.386 e. The first-order chi connectivity index (χ1) is 8.74. The minimum atomic E-state index is 0.390. The number of benzene rings is 1. The molecule has 90 valence electrons. The monoisotopic (exact) mass is 258 g/mol. The van der Waals surface area contributed by atoms with Gasteiger partial charge < -0.3 is 10.7 Å². The molecule has 0 aliphatic carbocycles. The van der Waals surface area contributed by atoms with Crippen LogP contribution < -0.4 is 5.73 Å². The minimum absolute atomic E-state index is 0.390. The zero-order chi connectivity index (χ0) is 12.5. The number of amidine groups is 1. The van der Waals surface area contributed by atoms with Crippen LogP contribution in [0.4, 0.5) is 5.69 Å². The molecule has 0 saturated heterocycles. The third-order valence-electron chi connectivity index (χ3n) is 2.73. The Morgan fingerprint density at radius 2 is 2.17 bits per heavy atom. The maximum atomic E-state index is 6.05. The number of nitrogens with one attached hydrogen (secondary N) is 1. The Labute approximate surface area is 109 Å². The Morgan fingerprint density at radius 1 is 1.28 bits per heavy atom. The number of rotatable bonds is 1. The lowest BCUT2D eigenvalue weighted by Crippen LogP contribution is -2.14. The number of halogens is 1. The summed E-state index contributed by atoms with van der Waals surface area (Å²) in [5, 5.41) is 0.656. The van der Waals surface area contributed by atoms with Gasteiger partial charge in [-0.15, -0.1) is 0 Å². The fraction of sp³-hybridized carbons (Fsp3) is 0.0769. The number of hydrogen-bond donors (Lipinski definition) is 2. The Kier molecular flexibility index (Phi) is 2.64. The second-order valence-corrected chi connectivity index (χ2v) is 4.45. The van der Waals surface area contributed by atoms with Gasteiger partial charge in [0.1, 0.15) is 5.84 Å². The van der Waals surface area contributed by atoms with Crippen LogP contribution in [0, 0.1) is 0 Å². The van der Waals surface area contributed by atoms with Crippen LogP contribution in [0.3, 0.4) is 0 Å². The number of aliphatic imine (C=N–C) groups is 2. The van der Waals surface area contributed by atoms with E-state index in [2.05, 4.69) is 15.0 Å². The van der Waals surface area contributed by atoms with Crippen LogP contribution in [0.15, 0.2) is 46.5 Å². The quantitative estimate of drug-likeness (QED) is 0.811. The zero-order valence-electron chi connectivity index (χ0n) is 9.52. The van der Waals surface area contributed by atoms with Crippen molar-refractivity contribution in [3.63, 3.8) is 0 Å². The fourth-order valence-electron chi connectivity index (χ4n) is 1.94. The van der Waals surface area contributed by atoms with E-state index in [1.807, 2.05) is 30.5 Å². The molecule has 1 aliphatic heterocycles. The van der Waals surface area contributed by atoms with Crippen LogP contribution in [0.5, 0.6) is 0 Å². The molecule has 3 rings (SSSR count). The number of H-pyrrole nitrogens is 1. The standard InChI is InChI=1S/C13H11ClN4/c14-8-3-4-10-9(6-8)13(11-2-1-5-16-11)17-7-12(15)18-10/h1-6,16H,7H2,(H2,15,18). The van der Waals surface area contributed by atoms with Crippen molar-refractivity contribution in [2.75, 3.05) is 6.54 Å². The third kappa shape index (κ3) is 1.91. The van der Waals surface area contributed by atoms with Crippen LogP contribution in [-0.4, -0.2) is 23.1 Å². The summed E-state index contributed by atoms with van der Waals surface area (Å²) >= 11 is 6.05. The number of nitrogens with two attached hydrogens (primary N) is 1. The molecule has 0 bridgehead atoms. The second kappa shape index (κ2) is 4.31. The van der Waals surface area contributed by atoms with E-state index in [1.165, 1.54) is 0 Å². The van der Waals surface area contributed by atoms with Gasteiger partial charge in [0, 0.05) is 16.8 Å².